The summed E-state index contributed by atoms with van der Waals surface area (Å²) in [5, 5.41) is 15.8. The quantitative estimate of drug-likeness (QED) is 0.748. The van der Waals surface area contributed by atoms with E-state index in [0.29, 0.717) is 0 Å². The molecule has 0 radical (unpaired) electrons. The fraction of sp³-hybridized carbons (Fsp3) is 0.500. The molecule has 1 aromatic carbocycles. The highest BCUT2D eigenvalue weighted by Crippen LogP contribution is 2.23. The van der Waals surface area contributed by atoms with E-state index in [2.05, 4.69) is 10.6 Å². The van der Waals surface area contributed by atoms with Gasteiger partial charge in [0.1, 0.15) is 5.75 Å². The summed E-state index contributed by atoms with van der Waals surface area (Å²) in [4.78, 5) is 11.8. The van der Waals surface area contributed by atoms with Crippen molar-refractivity contribution in [3.8, 4) is 5.75 Å². The van der Waals surface area contributed by atoms with E-state index < -0.39 is 0 Å². The molecule has 100 valence electrons. The molecular formula is C14H22N2O2. The minimum absolute atomic E-state index is 0.0349. The van der Waals surface area contributed by atoms with Gasteiger partial charge in [0.05, 0.1) is 6.04 Å². The van der Waals surface area contributed by atoms with E-state index in [1.807, 2.05) is 39.8 Å². The summed E-state index contributed by atoms with van der Waals surface area (Å²) >= 11 is 0. The third-order valence-electron chi connectivity index (χ3n) is 2.73. The smallest absolute Gasteiger partial charge is 0.237 e. The van der Waals surface area contributed by atoms with Gasteiger partial charge in [0, 0.05) is 17.6 Å². The van der Waals surface area contributed by atoms with Crippen LogP contribution in [0.2, 0.25) is 0 Å². The largest absolute Gasteiger partial charge is 0.508 e. The van der Waals surface area contributed by atoms with Gasteiger partial charge in [0.15, 0.2) is 0 Å². The number of carbonyl (C=O) groups excluding carboxylic acids is 1. The van der Waals surface area contributed by atoms with Gasteiger partial charge in [-0.25, -0.2) is 0 Å². The Morgan fingerprint density at radius 3 is 2.33 bits per heavy atom. The van der Waals surface area contributed by atoms with Crippen molar-refractivity contribution in [2.75, 3.05) is 0 Å². The topological polar surface area (TPSA) is 61.4 Å². The third-order valence-corrected chi connectivity index (χ3v) is 2.73. The second kappa shape index (κ2) is 6.40. The molecule has 2 unspecified atom stereocenters. The maximum Gasteiger partial charge on any atom is 0.237 e. The van der Waals surface area contributed by atoms with Crippen LogP contribution in [0.15, 0.2) is 24.3 Å². The molecule has 0 aromatic heterocycles. The second-order valence-corrected chi connectivity index (χ2v) is 4.83. The highest BCUT2D eigenvalue weighted by molar-refractivity contribution is 5.81. The predicted molar refractivity (Wildman–Crippen MR) is 72.4 cm³/mol. The number of hydrogen-bond acceptors (Lipinski definition) is 3. The number of para-hydroxylation sites is 1. The van der Waals surface area contributed by atoms with Crippen molar-refractivity contribution >= 4 is 5.91 Å². The number of phenolic OH excluding ortho intramolecular Hbond substituents is 1. The lowest BCUT2D eigenvalue weighted by Crippen LogP contribution is -2.45. The Kier molecular flexibility index (Phi) is 5.16. The van der Waals surface area contributed by atoms with Crippen LogP contribution in [0.5, 0.6) is 5.75 Å². The van der Waals surface area contributed by atoms with Crippen molar-refractivity contribution in [1.82, 2.24) is 10.6 Å². The lowest BCUT2D eigenvalue weighted by atomic mass is 10.1. The van der Waals surface area contributed by atoms with E-state index in [-0.39, 0.29) is 29.8 Å². The Labute approximate surface area is 108 Å². The first-order valence-corrected chi connectivity index (χ1v) is 6.26. The highest BCUT2D eigenvalue weighted by Gasteiger charge is 2.18. The molecule has 0 bridgehead atoms. The van der Waals surface area contributed by atoms with Crippen LogP contribution in [0.25, 0.3) is 0 Å². The van der Waals surface area contributed by atoms with Crippen LogP contribution < -0.4 is 10.6 Å². The molecule has 0 fully saturated rings. The van der Waals surface area contributed by atoms with Gasteiger partial charge in [0.25, 0.3) is 0 Å². The van der Waals surface area contributed by atoms with Crippen molar-refractivity contribution in [2.24, 2.45) is 0 Å². The van der Waals surface area contributed by atoms with Crippen molar-refractivity contribution in [3.05, 3.63) is 29.8 Å². The molecule has 0 aliphatic rings. The van der Waals surface area contributed by atoms with E-state index in [1.54, 1.807) is 12.1 Å². The van der Waals surface area contributed by atoms with Gasteiger partial charge < -0.3 is 10.4 Å². The van der Waals surface area contributed by atoms with Gasteiger partial charge in [-0.05, 0) is 33.8 Å². The van der Waals surface area contributed by atoms with Gasteiger partial charge >= 0.3 is 0 Å². The summed E-state index contributed by atoms with van der Waals surface area (Å²) in [6.45, 7) is 7.59. The van der Waals surface area contributed by atoms with E-state index >= 15 is 0 Å². The van der Waals surface area contributed by atoms with E-state index in [4.69, 9.17) is 0 Å². The number of amides is 1. The van der Waals surface area contributed by atoms with Gasteiger partial charge in [-0.3, -0.25) is 10.1 Å². The molecule has 1 aromatic rings. The molecule has 2 atom stereocenters. The molecule has 0 aliphatic heterocycles. The molecule has 4 nitrogen and oxygen atoms in total. The Balaban J connectivity index is 2.62. The van der Waals surface area contributed by atoms with Crippen molar-refractivity contribution in [2.45, 2.75) is 45.8 Å². The minimum Gasteiger partial charge on any atom is -0.508 e. The Morgan fingerprint density at radius 2 is 1.78 bits per heavy atom. The van der Waals surface area contributed by atoms with Crippen LogP contribution in [0, 0.1) is 0 Å². The molecule has 0 saturated heterocycles. The Bertz CT molecular complexity index is 405. The van der Waals surface area contributed by atoms with Crippen LogP contribution >= 0.6 is 0 Å². The molecule has 18 heavy (non-hydrogen) atoms. The van der Waals surface area contributed by atoms with Crippen LogP contribution in [0.1, 0.15) is 39.3 Å². The SMILES string of the molecule is CC(C)NC(=O)C(C)NC(C)c1ccccc1O. The van der Waals surface area contributed by atoms with Gasteiger partial charge in [0.2, 0.25) is 5.91 Å². The molecule has 0 saturated carbocycles. The molecule has 4 heteroatoms. The summed E-state index contributed by atoms with van der Waals surface area (Å²) in [6.07, 6.45) is 0. The molecular weight excluding hydrogens is 228 g/mol. The van der Waals surface area contributed by atoms with Crippen molar-refractivity contribution < 1.29 is 9.90 Å². The first-order chi connectivity index (χ1) is 8.41. The summed E-state index contributed by atoms with van der Waals surface area (Å²) in [5.74, 6) is 0.209. The first-order valence-electron chi connectivity index (χ1n) is 6.26. The molecule has 0 spiro atoms. The summed E-state index contributed by atoms with van der Waals surface area (Å²) in [6, 6.07) is 6.88. The maximum absolute atomic E-state index is 11.8. The number of nitrogens with one attached hydrogen (secondary N) is 2. The zero-order valence-electron chi connectivity index (χ0n) is 11.4. The zero-order valence-corrected chi connectivity index (χ0v) is 11.4. The van der Waals surface area contributed by atoms with Gasteiger partial charge in [-0.2, -0.15) is 0 Å². The number of aromatic hydroxyl groups is 1. The van der Waals surface area contributed by atoms with Gasteiger partial charge in [-0.15, -0.1) is 0 Å². The summed E-state index contributed by atoms with van der Waals surface area (Å²) in [7, 11) is 0. The Morgan fingerprint density at radius 1 is 1.17 bits per heavy atom. The Hall–Kier alpha value is -1.55. The van der Waals surface area contributed by atoms with E-state index in [9.17, 15) is 9.90 Å². The molecule has 0 heterocycles. The van der Waals surface area contributed by atoms with Gasteiger partial charge in [-0.1, -0.05) is 18.2 Å². The number of benzene rings is 1. The number of phenols is 1. The average molecular weight is 250 g/mol. The van der Waals surface area contributed by atoms with Crippen LogP contribution in [0.3, 0.4) is 0 Å². The van der Waals surface area contributed by atoms with E-state index in [1.165, 1.54) is 0 Å². The van der Waals surface area contributed by atoms with Crippen LogP contribution in [0.4, 0.5) is 0 Å². The normalized spacial score (nSPS) is 14.3. The lowest BCUT2D eigenvalue weighted by Gasteiger charge is -2.21. The number of carbonyl (C=O) groups is 1. The fourth-order valence-electron chi connectivity index (χ4n) is 1.80. The number of rotatable bonds is 5. The summed E-state index contributed by atoms with van der Waals surface area (Å²) < 4.78 is 0. The standard InChI is InChI=1S/C14H22N2O2/c1-9(2)15-14(18)11(4)16-10(3)12-7-5-6-8-13(12)17/h5-11,16-17H,1-4H3,(H,15,18). The molecule has 3 N–H and O–H groups in total. The van der Waals surface area contributed by atoms with Crippen LogP contribution in [-0.4, -0.2) is 23.1 Å². The minimum atomic E-state index is -0.304. The van der Waals surface area contributed by atoms with E-state index in [0.717, 1.165) is 5.56 Å². The maximum atomic E-state index is 11.8. The van der Waals surface area contributed by atoms with Crippen molar-refractivity contribution in [1.29, 1.82) is 0 Å². The fourth-order valence-corrected chi connectivity index (χ4v) is 1.80. The highest BCUT2D eigenvalue weighted by atomic mass is 16.3. The zero-order chi connectivity index (χ0) is 13.7. The molecule has 1 rings (SSSR count). The monoisotopic (exact) mass is 250 g/mol. The summed E-state index contributed by atoms with van der Waals surface area (Å²) in [5.41, 5.74) is 0.793. The van der Waals surface area contributed by atoms with Crippen molar-refractivity contribution in [3.63, 3.8) is 0 Å². The molecule has 0 aliphatic carbocycles. The first kappa shape index (κ1) is 14.5. The van der Waals surface area contributed by atoms with Crippen LogP contribution in [-0.2, 0) is 4.79 Å². The third kappa shape index (κ3) is 4.04. The molecule has 1 amide bonds. The average Bonchev–Trinajstić information content (AvgIpc) is 2.28. The predicted octanol–water partition coefficient (Wildman–Crippen LogP) is 1.96. The second-order valence-electron chi connectivity index (χ2n) is 4.83. The lowest BCUT2D eigenvalue weighted by molar-refractivity contribution is -0.123. The number of hydrogen-bond donors (Lipinski definition) is 3.